The topological polar surface area (TPSA) is 41.1 Å². The molecular weight excluding hydrogens is 195 g/mol. The molecule has 15 heavy (non-hydrogen) atoms. The number of carbonyl (C=O) groups excluding carboxylic acids is 1. The van der Waals surface area contributed by atoms with Gasteiger partial charge in [0.15, 0.2) is 0 Å². The maximum atomic E-state index is 12.7. The van der Waals surface area contributed by atoms with Crippen LogP contribution in [0.5, 0.6) is 0 Å². The Morgan fingerprint density at radius 2 is 2.33 bits per heavy atom. The van der Waals surface area contributed by atoms with Gasteiger partial charge in [-0.25, -0.2) is 4.39 Å². The molecule has 0 bridgehead atoms. The molecule has 1 amide bonds. The first-order chi connectivity index (χ1) is 7.22. The number of amides is 1. The van der Waals surface area contributed by atoms with Crippen LogP contribution in [0.3, 0.4) is 0 Å². The van der Waals surface area contributed by atoms with E-state index in [1.807, 2.05) is 0 Å². The molecule has 0 unspecified atom stereocenters. The van der Waals surface area contributed by atoms with E-state index >= 15 is 0 Å². The van der Waals surface area contributed by atoms with Crippen LogP contribution in [0.25, 0.3) is 0 Å². The average Bonchev–Trinajstić information content (AvgIpc) is 2.23. The van der Waals surface area contributed by atoms with Crippen molar-refractivity contribution in [3.05, 3.63) is 42.7 Å². The molecule has 80 valence electrons. The fraction of sp³-hybridized carbons (Fsp3) is 0.182. The van der Waals surface area contributed by atoms with Gasteiger partial charge in [-0.05, 0) is 18.2 Å². The molecule has 0 atom stereocenters. The fourth-order valence-electron chi connectivity index (χ4n) is 1.03. The first-order valence-corrected chi connectivity index (χ1v) is 4.59. The van der Waals surface area contributed by atoms with Crippen molar-refractivity contribution >= 4 is 11.6 Å². The summed E-state index contributed by atoms with van der Waals surface area (Å²) in [5.74, 6) is -0.481. The zero-order valence-electron chi connectivity index (χ0n) is 8.29. The van der Waals surface area contributed by atoms with E-state index in [9.17, 15) is 9.18 Å². The highest BCUT2D eigenvalue weighted by Gasteiger charge is 1.99. The van der Waals surface area contributed by atoms with Gasteiger partial charge in [-0.1, -0.05) is 12.1 Å². The first-order valence-electron chi connectivity index (χ1n) is 4.59. The van der Waals surface area contributed by atoms with Crippen molar-refractivity contribution in [3.8, 4) is 0 Å². The van der Waals surface area contributed by atoms with Crippen LogP contribution in [0.1, 0.15) is 0 Å². The predicted molar refractivity (Wildman–Crippen MR) is 58.1 cm³/mol. The molecule has 0 fully saturated rings. The quantitative estimate of drug-likeness (QED) is 0.721. The number of benzene rings is 1. The summed E-state index contributed by atoms with van der Waals surface area (Å²) < 4.78 is 12.7. The number of halogens is 1. The Morgan fingerprint density at radius 3 is 3.00 bits per heavy atom. The van der Waals surface area contributed by atoms with Crippen molar-refractivity contribution in [2.75, 3.05) is 18.4 Å². The van der Waals surface area contributed by atoms with Crippen LogP contribution in [0.4, 0.5) is 10.1 Å². The highest BCUT2D eigenvalue weighted by atomic mass is 19.1. The van der Waals surface area contributed by atoms with Gasteiger partial charge in [-0.15, -0.1) is 6.58 Å². The number of hydrogen-bond acceptors (Lipinski definition) is 2. The van der Waals surface area contributed by atoms with Gasteiger partial charge in [0.2, 0.25) is 5.91 Å². The number of carbonyl (C=O) groups is 1. The molecule has 2 N–H and O–H groups in total. The van der Waals surface area contributed by atoms with E-state index in [0.717, 1.165) is 0 Å². The first kappa shape index (κ1) is 11.2. The Bertz CT molecular complexity index is 352. The van der Waals surface area contributed by atoms with Crippen LogP contribution in [0, 0.1) is 5.82 Å². The van der Waals surface area contributed by atoms with Crippen LogP contribution >= 0.6 is 0 Å². The van der Waals surface area contributed by atoms with Crippen LogP contribution in [0.15, 0.2) is 36.9 Å². The van der Waals surface area contributed by atoms with E-state index in [-0.39, 0.29) is 18.3 Å². The van der Waals surface area contributed by atoms with E-state index in [1.165, 1.54) is 12.1 Å². The van der Waals surface area contributed by atoms with Crippen LogP contribution in [0.2, 0.25) is 0 Å². The molecule has 0 aliphatic heterocycles. The van der Waals surface area contributed by atoms with Gasteiger partial charge in [0.1, 0.15) is 5.82 Å². The van der Waals surface area contributed by atoms with Gasteiger partial charge in [0.05, 0.1) is 6.54 Å². The lowest BCUT2D eigenvalue weighted by Crippen LogP contribution is -2.29. The van der Waals surface area contributed by atoms with Crippen molar-refractivity contribution in [1.82, 2.24) is 5.32 Å². The van der Waals surface area contributed by atoms with E-state index < -0.39 is 0 Å². The molecule has 0 radical (unpaired) electrons. The van der Waals surface area contributed by atoms with E-state index in [1.54, 1.807) is 18.2 Å². The predicted octanol–water partition coefficient (Wildman–Crippen LogP) is 1.54. The van der Waals surface area contributed by atoms with Crippen molar-refractivity contribution < 1.29 is 9.18 Å². The lowest BCUT2D eigenvalue weighted by molar-refractivity contribution is -0.119. The third-order valence-corrected chi connectivity index (χ3v) is 1.72. The number of nitrogens with one attached hydrogen (secondary N) is 2. The van der Waals surface area contributed by atoms with E-state index in [4.69, 9.17) is 0 Å². The highest BCUT2D eigenvalue weighted by molar-refractivity contribution is 5.80. The fourth-order valence-corrected chi connectivity index (χ4v) is 1.03. The maximum absolute atomic E-state index is 12.7. The van der Waals surface area contributed by atoms with Crippen LogP contribution in [-0.4, -0.2) is 19.0 Å². The third-order valence-electron chi connectivity index (χ3n) is 1.72. The van der Waals surface area contributed by atoms with E-state index in [2.05, 4.69) is 17.2 Å². The van der Waals surface area contributed by atoms with Crippen molar-refractivity contribution in [2.24, 2.45) is 0 Å². The van der Waals surface area contributed by atoms with Crippen molar-refractivity contribution in [2.45, 2.75) is 0 Å². The minimum Gasteiger partial charge on any atom is -0.376 e. The number of anilines is 1. The summed E-state index contributed by atoms with van der Waals surface area (Å²) in [5.41, 5.74) is 0.587. The molecule has 1 aromatic rings. The van der Waals surface area contributed by atoms with Gasteiger partial charge in [-0.2, -0.15) is 0 Å². The van der Waals surface area contributed by atoms with Crippen LogP contribution < -0.4 is 10.6 Å². The Balaban J connectivity index is 2.36. The molecule has 0 heterocycles. The largest absolute Gasteiger partial charge is 0.376 e. The summed E-state index contributed by atoms with van der Waals surface area (Å²) in [6.45, 7) is 4.03. The zero-order chi connectivity index (χ0) is 11.1. The average molecular weight is 208 g/mol. The molecule has 0 saturated heterocycles. The van der Waals surface area contributed by atoms with Gasteiger partial charge in [-0.3, -0.25) is 4.79 Å². The monoisotopic (exact) mass is 208 g/mol. The lowest BCUT2D eigenvalue weighted by atomic mass is 10.3. The second-order valence-electron chi connectivity index (χ2n) is 2.96. The molecule has 0 aliphatic rings. The third kappa shape index (κ3) is 4.26. The number of hydrogen-bond donors (Lipinski definition) is 2. The maximum Gasteiger partial charge on any atom is 0.239 e. The summed E-state index contributed by atoms with van der Waals surface area (Å²) in [6, 6.07) is 5.97. The minimum atomic E-state index is -0.327. The zero-order valence-corrected chi connectivity index (χ0v) is 8.29. The highest BCUT2D eigenvalue weighted by Crippen LogP contribution is 2.07. The molecular formula is C11H13FN2O. The van der Waals surface area contributed by atoms with E-state index in [0.29, 0.717) is 12.2 Å². The molecule has 0 aliphatic carbocycles. The van der Waals surface area contributed by atoms with Gasteiger partial charge in [0, 0.05) is 12.2 Å². The summed E-state index contributed by atoms with van der Waals surface area (Å²) in [4.78, 5) is 11.1. The molecule has 1 aromatic carbocycles. The molecule has 4 heteroatoms. The second-order valence-corrected chi connectivity index (χ2v) is 2.96. The van der Waals surface area contributed by atoms with Gasteiger partial charge >= 0.3 is 0 Å². The molecule has 0 spiro atoms. The summed E-state index contributed by atoms with van der Waals surface area (Å²) in [6.07, 6.45) is 1.60. The summed E-state index contributed by atoms with van der Waals surface area (Å²) >= 11 is 0. The Morgan fingerprint density at radius 1 is 1.53 bits per heavy atom. The Kier molecular flexibility index (Phi) is 4.34. The van der Waals surface area contributed by atoms with Gasteiger partial charge < -0.3 is 10.6 Å². The molecule has 0 aromatic heterocycles. The normalized spacial score (nSPS) is 9.40. The van der Waals surface area contributed by atoms with Crippen molar-refractivity contribution in [1.29, 1.82) is 0 Å². The summed E-state index contributed by atoms with van der Waals surface area (Å²) in [5, 5.41) is 5.41. The Labute approximate surface area is 88.0 Å². The standard InChI is InChI=1S/C11H13FN2O/c1-2-6-13-11(15)8-14-10-5-3-4-9(12)7-10/h2-5,7,14H,1,6,8H2,(H,13,15). The SMILES string of the molecule is C=CCNC(=O)CNc1cccc(F)c1. The van der Waals surface area contributed by atoms with Gasteiger partial charge in [0.25, 0.3) is 0 Å². The Hall–Kier alpha value is -1.84. The smallest absolute Gasteiger partial charge is 0.239 e. The van der Waals surface area contributed by atoms with Crippen molar-refractivity contribution in [3.63, 3.8) is 0 Å². The number of rotatable bonds is 5. The molecule has 0 saturated carbocycles. The van der Waals surface area contributed by atoms with Crippen LogP contribution in [-0.2, 0) is 4.79 Å². The molecule has 3 nitrogen and oxygen atoms in total. The lowest BCUT2D eigenvalue weighted by Gasteiger charge is -2.06. The second kappa shape index (κ2) is 5.80. The minimum absolute atomic E-state index is 0.122. The molecule has 1 rings (SSSR count). The summed E-state index contributed by atoms with van der Waals surface area (Å²) in [7, 11) is 0.